The van der Waals surface area contributed by atoms with Gasteiger partial charge in [-0.1, -0.05) is 12.2 Å². The predicted octanol–water partition coefficient (Wildman–Crippen LogP) is -1.11. The number of fused-ring (bicyclic) bond motifs is 4. The molecule has 2 bridgehead atoms. The smallest absolute Gasteiger partial charge is 0.342 e. The summed E-state index contributed by atoms with van der Waals surface area (Å²) in [6.45, 7) is 7.05. The van der Waals surface area contributed by atoms with Gasteiger partial charge in [-0.05, 0) is 13.8 Å². The SMILES string of the molecule is C=C(C)[C@@H]1[C@H]2OC(=O)[C@@H]1[C@]1(O)C[C@@H](O)[C@]3(O)C(=O)O[C@H]2[C@]13C. The number of aliphatic hydroxyl groups excluding tert-OH is 1. The average molecular weight is 310 g/mol. The third-order valence-corrected chi connectivity index (χ3v) is 6.39. The maximum absolute atomic E-state index is 12.3. The van der Waals surface area contributed by atoms with E-state index < -0.39 is 58.7 Å². The summed E-state index contributed by atoms with van der Waals surface area (Å²) < 4.78 is 10.6. The highest BCUT2D eigenvalue weighted by atomic mass is 16.6. The Hall–Kier alpha value is -1.44. The zero-order valence-electron chi connectivity index (χ0n) is 12.3. The molecular weight excluding hydrogens is 292 g/mol. The van der Waals surface area contributed by atoms with Gasteiger partial charge in [0.1, 0.15) is 6.10 Å². The molecular formula is C15H18O7. The summed E-state index contributed by atoms with van der Waals surface area (Å²) in [6, 6.07) is 0. The molecule has 4 fully saturated rings. The normalized spacial score (nSPS) is 58.3. The molecule has 3 N–H and O–H groups in total. The second-order valence-corrected chi connectivity index (χ2v) is 7.19. The van der Waals surface area contributed by atoms with Crippen molar-refractivity contribution in [3.8, 4) is 0 Å². The highest BCUT2D eigenvalue weighted by Crippen LogP contribution is 2.69. The van der Waals surface area contributed by atoms with E-state index in [0.29, 0.717) is 5.57 Å². The Morgan fingerprint density at radius 2 is 1.95 bits per heavy atom. The van der Waals surface area contributed by atoms with E-state index in [2.05, 4.69) is 6.58 Å². The van der Waals surface area contributed by atoms with E-state index in [0.717, 1.165) is 0 Å². The summed E-state index contributed by atoms with van der Waals surface area (Å²) in [6.07, 6.45) is -3.61. The van der Waals surface area contributed by atoms with Crippen LogP contribution in [0, 0.1) is 17.3 Å². The second kappa shape index (κ2) is 3.55. The molecule has 0 unspecified atom stereocenters. The summed E-state index contributed by atoms with van der Waals surface area (Å²) in [4.78, 5) is 24.5. The van der Waals surface area contributed by atoms with Crippen LogP contribution in [0.4, 0.5) is 0 Å². The van der Waals surface area contributed by atoms with Gasteiger partial charge < -0.3 is 24.8 Å². The number of esters is 2. The monoisotopic (exact) mass is 310 g/mol. The molecule has 4 rings (SSSR count). The highest BCUT2D eigenvalue weighted by molar-refractivity contribution is 5.88. The molecule has 8 atom stereocenters. The zero-order valence-corrected chi connectivity index (χ0v) is 12.3. The first kappa shape index (κ1) is 14.2. The van der Waals surface area contributed by atoms with Gasteiger partial charge in [0.2, 0.25) is 0 Å². The molecule has 0 radical (unpaired) electrons. The molecule has 2 aliphatic heterocycles. The van der Waals surface area contributed by atoms with Crippen molar-refractivity contribution in [2.24, 2.45) is 17.3 Å². The molecule has 7 heteroatoms. The molecule has 2 saturated carbocycles. The van der Waals surface area contributed by atoms with Crippen molar-refractivity contribution in [3.63, 3.8) is 0 Å². The van der Waals surface area contributed by atoms with E-state index in [1.165, 1.54) is 6.92 Å². The molecule has 120 valence electrons. The fourth-order valence-electron chi connectivity index (χ4n) is 5.23. The second-order valence-electron chi connectivity index (χ2n) is 7.19. The van der Waals surface area contributed by atoms with E-state index in [1.54, 1.807) is 6.92 Å². The van der Waals surface area contributed by atoms with Crippen LogP contribution in [0.2, 0.25) is 0 Å². The van der Waals surface area contributed by atoms with Crippen molar-refractivity contribution in [1.82, 2.24) is 0 Å². The fraction of sp³-hybridized carbons (Fsp3) is 0.733. The summed E-state index contributed by atoms with van der Waals surface area (Å²) >= 11 is 0. The largest absolute Gasteiger partial charge is 0.457 e. The van der Waals surface area contributed by atoms with Gasteiger partial charge in [-0.2, -0.15) is 0 Å². The van der Waals surface area contributed by atoms with Gasteiger partial charge in [0.25, 0.3) is 0 Å². The van der Waals surface area contributed by atoms with Crippen molar-refractivity contribution in [2.45, 2.75) is 49.8 Å². The van der Waals surface area contributed by atoms with E-state index in [4.69, 9.17) is 9.47 Å². The number of carbonyl (C=O) groups is 2. The third kappa shape index (κ3) is 1.06. The standard InChI is InChI=1S/C15H18O7/c1-5(2)7-8-11(17)21-9(7)10-13(3)14(8,19)4-6(16)15(13,20)12(18)22-10/h6-10,16,19-20H,1,4H2,2-3H3/t6-,7+,8-,9-,10-,13-,14-,15+/m1/s1. The lowest BCUT2D eigenvalue weighted by Crippen LogP contribution is -2.67. The molecule has 2 saturated heterocycles. The molecule has 4 aliphatic rings. The van der Waals surface area contributed by atoms with Gasteiger partial charge in [-0.15, -0.1) is 0 Å². The first-order valence-corrected chi connectivity index (χ1v) is 7.30. The quantitative estimate of drug-likeness (QED) is 0.416. The van der Waals surface area contributed by atoms with Gasteiger partial charge in [-0.3, -0.25) is 4.79 Å². The van der Waals surface area contributed by atoms with Crippen molar-refractivity contribution in [2.75, 3.05) is 0 Å². The van der Waals surface area contributed by atoms with E-state index in [1.807, 2.05) is 0 Å². The summed E-state index contributed by atoms with van der Waals surface area (Å²) in [7, 11) is 0. The number of hydrogen-bond acceptors (Lipinski definition) is 7. The number of aliphatic hydroxyl groups is 3. The highest BCUT2D eigenvalue weighted by Gasteiger charge is 2.88. The van der Waals surface area contributed by atoms with Crippen LogP contribution in [0.1, 0.15) is 20.3 Å². The van der Waals surface area contributed by atoms with Crippen molar-refractivity contribution in [1.29, 1.82) is 0 Å². The van der Waals surface area contributed by atoms with Gasteiger partial charge in [0.15, 0.2) is 11.7 Å². The Morgan fingerprint density at radius 3 is 2.55 bits per heavy atom. The van der Waals surface area contributed by atoms with Crippen LogP contribution < -0.4 is 0 Å². The van der Waals surface area contributed by atoms with Crippen LogP contribution in [0.3, 0.4) is 0 Å². The van der Waals surface area contributed by atoms with Crippen molar-refractivity contribution >= 4 is 11.9 Å². The Balaban J connectivity index is 2.00. The Labute approximate surface area is 126 Å². The van der Waals surface area contributed by atoms with Crippen LogP contribution in [0.5, 0.6) is 0 Å². The van der Waals surface area contributed by atoms with E-state index in [9.17, 15) is 24.9 Å². The van der Waals surface area contributed by atoms with Crippen LogP contribution >= 0.6 is 0 Å². The van der Waals surface area contributed by atoms with Gasteiger partial charge in [0.05, 0.1) is 23.0 Å². The Kier molecular flexibility index (Phi) is 2.29. The van der Waals surface area contributed by atoms with Crippen LogP contribution in [0.25, 0.3) is 0 Å². The molecule has 0 aromatic rings. The first-order valence-electron chi connectivity index (χ1n) is 7.30. The number of ether oxygens (including phenoxy) is 2. The van der Waals surface area contributed by atoms with E-state index >= 15 is 0 Å². The average Bonchev–Trinajstić information content (AvgIpc) is 2.91. The van der Waals surface area contributed by atoms with Crippen molar-refractivity contribution < 1.29 is 34.4 Å². The molecule has 0 spiro atoms. The maximum Gasteiger partial charge on any atom is 0.342 e. The van der Waals surface area contributed by atoms with Crippen LogP contribution in [0.15, 0.2) is 12.2 Å². The molecule has 0 aromatic heterocycles. The minimum atomic E-state index is -2.24. The lowest BCUT2D eigenvalue weighted by Gasteiger charge is -2.50. The topological polar surface area (TPSA) is 113 Å². The number of hydrogen-bond donors (Lipinski definition) is 3. The predicted molar refractivity (Wildman–Crippen MR) is 70.2 cm³/mol. The van der Waals surface area contributed by atoms with Gasteiger partial charge in [0, 0.05) is 12.3 Å². The molecule has 2 aliphatic carbocycles. The minimum Gasteiger partial charge on any atom is -0.457 e. The van der Waals surface area contributed by atoms with Gasteiger partial charge in [-0.25, -0.2) is 4.79 Å². The first-order chi connectivity index (χ1) is 10.1. The lowest BCUT2D eigenvalue weighted by atomic mass is 9.53. The third-order valence-electron chi connectivity index (χ3n) is 6.39. The molecule has 0 amide bonds. The Morgan fingerprint density at radius 1 is 1.32 bits per heavy atom. The number of rotatable bonds is 1. The zero-order chi connectivity index (χ0) is 16.2. The summed E-state index contributed by atoms with van der Waals surface area (Å²) in [5.41, 5.74) is -4.92. The maximum atomic E-state index is 12.3. The minimum absolute atomic E-state index is 0.290. The molecule has 7 nitrogen and oxygen atoms in total. The van der Waals surface area contributed by atoms with Crippen LogP contribution in [-0.2, 0) is 19.1 Å². The van der Waals surface area contributed by atoms with Crippen LogP contribution in [-0.4, -0.2) is 56.8 Å². The van der Waals surface area contributed by atoms with Gasteiger partial charge >= 0.3 is 11.9 Å². The Bertz CT molecular complexity index is 629. The lowest BCUT2D eigenvalue weighted by molar-refractivity contribution is -0.197. The van der Waals surface area contributed by atoms with E-state index in [-0.39, 0.29) is 6.42 Å². The molecule has 0 aromatic carbocycles. The summed E-state index contributed by atoms with van der Waals surface area (Å²) in [5, 5.41) is 32.3. The summed E-state index contributed by atoms with van der Waals surface area (Å²) in [5.74, 6) is -3.08. The fourth-order valence-corrected chi connectivity index (χ4v) is 5.23. The van der Waals surface area contributed by atoms with Crippen molar-refractivity contribution in [3.05, 3.63) is 12.2 Å². The molecule has 2 heterocycles. The molecule has 22 heavy (non-hydrogen) atoms. The number of carbonyl (C=O) groups excluding carboxylic acids is 2.